The summed E-state index contributed by atoms with van der Waals surface area (Å²) in [5, 5.41) is 11.6. The Bertz CT molecular complexity index is 674. The number of rotatable bonds is 4. The van der Waals surface area contributed by atoms with Crippen LogP contribution in [0.3, 0.4) is 0 Å². The van der Waals surface area contributed by atoms with E-state index < -0.39 is 0 Å². The van der Waals surface area contributed by atoms with Gasteiger partial charge in [-0.25, -0.2) is 4.98 Å². The van der Waals surface area contributed by atoms with E-state index in [-0.39, 0.29) is 16.7 Å². The van der Waals surface area contributed by atoms with Gasteiger partial charge in [0.2, 0.25) is 0 Å². The van der Waals surface area contributed by atoms with Crippen molar-refractivity contribution in [1.82, 2.24) is 9.71 Å². The molecule has 1 unspecified atom stereocenters. The summed E-state index contributed by atoms with van der Waals surface area (Å²) >= 11 is 2.86. The first kappa shape index (κ1) is 14.3. The molecule has 3 N–H and O–H groups in total. The lowest BCUT2D eigenvalue weighted by Crippen LogP contribution is -2.29. The molecule has 1 aromatic heterocycles. The van der Waals surface area contributed by atoms with Crippen LogP contribution in [0.4, 0.5) is 10.8 Å². The molecule has 0 bridgehead atoms. The molecule has 6 nitrogen and oxygen atoms in total. The summed E-state index contributed by atoms with van der Waals surface area (Å²) in [4.78, 5) is 16.8. The number of benzene rings is 1. The smallest absolute Gasteiger partial charge is 0.284 e. The van der Waals surface area contributed by atoms with Crippen molar-refractivity contribution in [3.05, 3.63) is 45.0 Å². The minimum Gasteiger partial charge on any atom is -0.375 e. The van der Waals surface area contributed by atoms with E-state index in [2.05, 4.69) is 9.71 Å². The number of hydrogen-bond acceptors (Lipinski definition) is 7. The molecule has 110 valence electrons. The molecule has 0 amide bonds. The van der Waals surface area contributed by atoms with Crippen LogP contribution in [-0.4, -0.2) is 15.9 Å². The first-order valence-corrected chi connectivity index (χ1v) is 8.16. The highest BCUT2D eigenvalue weighted by Crippen LogP contribution is 2.31. The molecule has 1 aliphatic rings. The van der Waals surface area contributed by atoms with Crippen molar-refractivity contribution in [3.8, 4) is 0 Å². The Labute approximate surface area is 130 Å². The van der Waals surface area contributed by atoms with Gasteiger partial charge in [0, 0.05) is 17.0 Å². The van der Waals surface area contributed by atoms with Crippen LogP contribution < -0.4 is 10.5 Å². The number of nitrogens with one attached hydrogen (secondary N) is 1. The monoisotopic (exact) mass is 322 g/mol. The number of nitrogens with two attached hydrogens (primary N) is 1. The largest absolute Gasteiger partial charge is 0.375 e. The number of nitro groups is 1. The highest BCUT2D eigenvalue weighted by Gasteiger charge is 2.23. The molecule has 0 aliphatic heterocycles. The molecule has 0 fully saturated rings. The van der Waals surface area contributed by atoms with Crippen molar-refractivity contribution in [2.24, 2.45) is 0 Å². The number of fused-ring (bicyclic) bond motifs is 1. The molecule has 0 saturated heterocycles. The number of aromatic nitrogens is 1. The Morgan fingerprint density at radius 1 is 1.48 bits per heavy atom. The number of aryl methyl sites for hydroxylation is 1. The van der Waals surface area contributed by atoms with Gasteiger partial charge in [-0.05, 0) is 37.3 Å². The summed E-state index contributed by atoms with van der Waals surface area (Å²) in [7, 11) is 0. The van der Waals surface area contributed by atoms with Crippen molar-refractivity contribution in [3.63, 3.8) is 0 Å². The van der Waals surface area contributed by atoms with Crippen LogP contribution >= 0.6 is 23.3 Å². The lowest BCUT2D eigenvalue weighted by atomic mass is 9.99. The van der Waals surface area contributed by atoms with Gasteiger partial charge in [-0.2, -0.15) is 0 Å². The predicted molar refractivity (Wildman–Crippen MR) is 84.4 cm³/mol. The van der Waals surface area contributed by atoms with E-state index in [0.717, 1.165) is 25.0 Å². The fraction of sp³-hybridized carbons (Fsp3) is 0.308. The SMILES string of the molecule is Nc1nc2c(s1)CC(NSc1ccccc1[N+](=O)[O-])CC2. The van der Waals surface area contributed by atoms with E-state index in [1.165, 1.54) is 34.2 Å². The number of anilines is 1. The van der Waals surface area contributed by atoms with Crippen LogP contribution in [0.1, 0.15) is 17.0 Å². The normalized spacial score (nSPS) is 17.4. The van der Waals surface area contributed by atoms with Crippen molar-refractivity contribution in [2.75, 3.05) is 5.73 Å². The standard InChI is InChI=1S/C13H14N4O2S2/c14-13-15-9-6-5-8(7-12(9)20-13)16-21-11-4-2-1-3-10(11)17(18)19/h1-4,8,16H,5-7H2,(H2,14,15). The first-order chi connectivity index (χ1) is 10.1. The van der Waals surface area contributed by atoms with Crippen molar-refractivity contribution in [1.29, 1.82) is 0 Å². The van der Waals surface area contributed by atoms with Crippen LogP contribution in [0.25, 0.3) is 0 Å². The maximum Gasteiger partial charge on any atom is 0.284 e. The highest BCUT2D eigenvalue weighted by molar-refractivity contribution is 7.97. The zero-order chi connectivity index (χ0) is 14.8. The Hall–Kier alpha value is -1.64. The molecule has 21 heavy (non-hydrogen) atoms. The number of hydrogen-bond donors (Lipinski definition) is 2. The van der Waals surface area contributed by atoms with E-state index in [0.29, 0.717) is 10.0 Å². The molecule has 0 spiro atoms. The highest BCUT2D eigenvalue weighted by atomic mass is 32.2. The van der Waals surface area contributed by atoms with Crippen LogP contribution in [-0.2, 0) is 12.8 Å². The summed E-state index contributed by atoms with van der Waals surface area (Å²) in [6.07, 6.45) is 2.74. The van der Waals surface area contributed by atoms with Crippen LogP contribution in [0.2, 0.25) is 0 Å². The Balaban J connectivity index is 1.65. The van der Waals surface area contributed by atoms with Gasteiger partial charge in [0.15, 0.2) is 5.13 Å². The minimum absolute atomic E-state index is 0.133. The van der Waals surface area contributed by atoms with Gasteiger partial charge in [0.05, 0.1) is 10.6 Å². The molecule has 8 heteroatoms. The fourth-order valence-electron chi connectivity index (χ4n) is 2.34. The molecule has 1 aliphatic carbocycles. The summed E-state index contributed by atoms with van der Waals surface area (Å²) in [6, 6.07) is 7.04. The third kappa shape index (κ3) is 3.17. The van der Waals surface area contributed by atoms with E-state index in [4.69, 9.17) is 5.73 Å². The van der Waals surface area contributed by atoms with Gasteiger partial charge in [-0.15, -0.1) is 11.3 Å². The Morgan fingerprint density at radius 2 is 2.29 bits per heavy atom. The molecule has 1 aromatic carbocycles. The molecule has 3 rings (SSSR count). The summed E-state index contributed by atoms with van der Waals surface area (Å²) < 4.78 is 3.33. The van der Waals surface area contributed by atoms with E-state index in [1.54, 1.807) is 18.2 Å². The molecule has 0 radical (unpaired) electrons. The topological polar surface area (TPSA) is 94.1 Å². The zero-order valence-corrected chi connectivity index (χ0v) is 12.7. The van der Waals surface area contributed by atoms with Crippen LogP contribution in [0.5, 0.6) is 0 Å². The average Bonchev–Trinajstić information content (AvgIpc) is 2.84. The molecule has 1 heterocycles. The van der Waals surface area contributed by atoms with Gasteiger partial charge < -0.3 is 5.73 Å². The van der Waals surface area contributed by atoms with Crippen molar-refractivity contribution in [2.45, 2.75) is 30.2 Å². The molecule has 2 aromatic rings. The van der Waals surface area contributed by atoms with Gasteiger partial charge in [-0.3, -0.25) is 14.8 Å². The van der Waals surface area contributed by atoms with Gasteiger partial charge in [-0.1, -0.05) is 12.1 Å². The number of nitro benzene ring substituents is 1. The van der Waals surface area contributed by atoms with Gasteiger partial charge in [0.25, 0.3) is 5.69 Å². The second-order valence-electron chi connectivity index (χ2n) is 4.81. The summed E-state index contributed by atoms with van der Waals surface area (Å²) in [6.45, 7) is 0. The third-order valence-corrected chi connectivity index (χ3v) is 5.32. The summed E-state index contributed by atoms with van der Waals surface area (Å²) in [5.74, 6) is 0. The number of nitrogen functional groups attached to an aromatic ring is 1. The average molecular weight is 322 g/mol. The minimum atomic E-state index is -0.354. The Kier molecular flexibility index (Phi) is 4.09. The van der Waals surface area contributed by atoms with Gasteiger partial charge >= 0.3 is 0 Å². The third-order valence-electron chi connectivity index (χ3n) is 3.35. The molecular weight excluding hydrogens is 308 g/mol. The maximum absolute atomic E-state index is 11.0. The maximum atomic E-state index is 11.0. The fourth-order valence-corrected chi connectivity index (χ4v) is 4.18. The van der Waals surface area contributed by atoms with E-state index in [9.17, 15) is 10.1 Å². The second-order valence-corrected chi connectivity index (χ2v) is 6.80. The van der Waals surface area contributed by atoms with Crippen LogP contribution in [0, 0.1) is 10.1 Å². The number of thiazole rings is 1. The van der Waals surface area contributed by atoms with Crippen molar-refractivity contribution < 1.29 is 4.92 Å². The van der Waals surface area contributed by atoms with E-state index in [1.807, 2.05) is 0 Å². The molecule has 1 atom stereocenters. The van der Waals surface area contributed by atoms with Crippen molar-refractivity contribution >= 4 is 34.1 Å². The Morgan fingerprint density at radius 3 is 3.10 bits per heavy atom. The second kappa shape index (κ2) is 6.00. The number of para-hydroxylation sites is 1. The quantitative estimate of drug-likeness (QED) is 0.511. The molecule has 0 saturated carbocycles. The number of nitrogens with zero attached hydrogens (tertiary/aromatic N) is 2. The molecular formula is C13H14N4O2S2. The zero-order valence-electron chi connectivity index (χ0n) is 11.1. The van der Waals surface area contributed by atoms with Crippen LogP contribution in [0.15, 0.2) is 29.2 Å². The lowest BCUT2D eigenvalue weighted by molar-refractivity contribution is -0.387. The van der Waals surface area contributed by atoms with Gasteiger partial charge in [0.1, 0.15) is 4.90 Å². The lowest BCUT2D eigenvalue weighted by Gasteiger charge is -2.21. The van der Waals surface area contributed by atoms with E-state index >= 15 is 0 Å². The predicted octanol–water partition coefficient (Wildman–Crippen LogP) is 2.79. The first-order valence-electron chi connectivity index (χ1n) is 6.53. The summed E-state index contributed by atoms with van der Waals surface area (Å²) in [5.41, 5.74) is 6.96.